The maximum absolute atomic E-state index is 12.2. The molecule has 4 atom stereocenters. The fourth-order valence-corrected chi connectivity index (χ4v) is 3.31. The van der Waals surface area contributed by atoms with Crippen molar-refractivity contribution < 1.29 is 19.4 Å². The Morgan fingerprint density at radius 1 is 1.10 bits per heavy atom. The third kappa shape index (κ3) is 2.22. The van der Waals surface area contributed by atoms with Crippen LogP contribution in [0.5, 0.6) is 0 Å². The van der Waals surface area contributed by atoms with Crippen LogP contribution in [0.4, 0.5) is 0 Å². The number of carboxylic acids is 1. The molecule has 0 radical (unpaired) electrons. The van der Waals surface area contributed by atoms with E-state index < -0.39 is 23.8 Å². The molecule has 1 fully saturated rings. The molecule has 4 heteroatoms. The lowest BCUT2D eigenvalue weighted by Gasteiger charge is -2.23. The Labute approximate surface area is 117 Å². The lowest BCUT2D eigenvalue weighted by Crippen LogP contribution is -2.34. The summed E-state index contributed by atoms with van der Waals surface area (Å²) in [4.78, 5) is 23.5. The van der Waals surface area contributed by atoms with Gasteiger partial charge in [-0.3, -0.25) is 9.59 Å². The van der Waals surface area contributed by atoms with Crippen molar-refractivity contribution in [2.24, 2.45) is 23.7 Å². The van der Waals surface area contributed by atoms with Crippen LogP contribution in [0, 0.1) is 23.7 Å². The molecule has 1 aromatic carbocycles. The Balaban J connectivity index is 1.68. The molecule has 0 aromatic heterocycles. The van der Waals surface area contributed by atoms with Gasteiger partial charge in [-0.1, -0.05) is 42.5 Å². The van der Waals surface area contributed by atoms with Gasteiger partial charge in [-0.2, -0.15) is 0 Å². The molecular weight excluding hydrogens is 256 g/mol. The number of rotatable bonds is 4. The van der Waals surface area contributed by atoms with Crippen LogP contribution in [0.2, 0.25) is 0 Å². The van der Waals surface area contributed by atoms with E-state index >= 15 is 0 Å². The number of benzene rings is 1. The smallest absolute Gasteiger partial charge is 0.310 e. The summed E-state index contributed by atoms with van der Waals surface area (Å²) < 4.78 is 5.31. The van der Waals surface area contributed by atoms with E-state index in [9.17, 15) is 14.7 Å². The molecule has 3 rings (SSSR count). The van der Waals surface area contributed by atoms with Gasteiger partial charge in [0.2, 0.25) is 0 Å². The van der Waals surface area contributed by atoms with Crippen LogP contribution in [0.3, 0.4) is 0 Å². The number of hydrogen-bond donors (Lipinski definition) is 1. The van der Waals surface area contributed by atoms with Gasteiger partial charge in [-0.15, -0.1) is 0 Å². The number of carbonyl (C=O) groups is 2. The quantitative estimate of drug-likeness (QED) is 0.674. The molecule has 1 saturated carbocycles. The van der Waals surface area contributed by atoms with Crippen molar-refractivity contribution in [3.8, 4) is 0 Å². The molecule has 2 aliphatic rings. The van der Waals surface area contributed by atoms with Gasteiger partial charge in [0.1, 0.15) is 6.61 Å². The Bertz CT molecular complexity index is 549. The Morgan fingerprint density at radius 2 is 1.75 bits per heavy atom. The van der Waals surface area contributed by atoms with Crippen LogP contribution in [0.15, 0.2) is 42.5 Å². The van der Waals surface area contributed by atoms with Gasteiger partial charge >= 0.3 is 11.9 Å². The number of allylic oxidation sites excluding steroid dienone is 2. The van der Waals surface area contributed by atoms with Crippen LogP contribution >= 0.6 is 0 Å². The van der Waals surface area contributed by atoms with E-state index in [0.29, 0.717) is 0 Å². The summed E-state index contributed by atoms with van der Waals surface area (Å²) in [6.07, 6.45) is 4.63. The molecular formula is C16H16O4. The first-order valence-corrected chi connectivity index (χ1v) is 6.78. The number of aliphatic carboxylic acids is 1. The molecule has 104 valence electrons. The minimum atomic E-state index is -0.900. The van der Waals surface area contributed by atoms with Crippen LogP contribution in [0.1, 0.15) is 12.0 Å². The van der Waals surface area contributed by atoms with Crippen LogP contribution < -0.4 is 0 Å². The topological polar surface area (TPSA) is 63.6 Å². The zero-order chi connectivity index (χ0) is 14.1. The standard InChI is InChI=1S/C16H16O4/c17-15(18)13-11-6-7-12(8-11)14(13)16(19)20-9-10-4-2-1-3-5-10/h1-7,11-14H,8-9H2,(H,17,18)/t11-,12-,13+,14-/m0/s1. The highest BCUT2D eigenvalue weighted by Gasteiger charge is 2.52. The molecule has 0 amide bonds. The first-order valence-electron chi connectivity index (χ1n) is 6.78. The number of fused-ring (bicyclic) bond motifs is 2. The first kappa shape index (κ1) is 12.9. The number of carboxylic acid groups (broad SMARTS) is 1. The second kappa shape index (κ2) is 5.12. The highest BCUT2D eigenvalue weighted by Crippen LogP contribution is 2.48. The average molecular weight is 272 g/mol. The lowest BCUT2D eigenvalue weighted by molar-refractivity contribution is -0.159. The minimum absolute atomic E-state index is 0.0179. The van der Waals surface area contributed by atoms with Crippen molar-refractivity contribution in [1.29, 1.82) is 0 Å². The van der Waals surface area contributed by atoms with E-state index in [4.69, 9.17) is 4.74 Å². The van der Waals surface area contributed by atoms with E-state index in [0.717, 1.165) is 12.0 Å². The van der Waals surface area contributed by atoms with E-state index in [1.54, 1.807) is 0 Å². The molecule has 0 unspecified atom stereocenters. The number of ether oxygens (including phenoxy) is 1. The Hall–Kier alpha value is -2.10. The summed E-state index contributed by atoms with van der Waals surface area (Å²) in [5.41, 5.74) is 0.909. The molecule has 0 saturated heterocycles. The monoisotopic (exact) mass is 272 g/mol. The van der Waals surface area contributed by atoms with Crippen molar-refractivity contribution in [3.63, 3.8) is 0 Å². The summed E-state index contributed by atoms with van der Waals surface area (Å²) in [6, 6.07) is 9.41. The second-order valence-electron chi connectivity index (χ2n) is 5.43. The van der Waals surface area contributed by atoms with Crippen LogP contribution in [0.25, 0.3) is 0 Å². The van der Waals surface area contributed by atoms with Crippen LogP contribution in [-0.4, -0.2) is 17.0 Å². The van der Waals surface area contributed by atoms with E-state index in [2.05, 4.69) is 0 Å². The van der Waals surface area contributed by atoms with E-state index in [1.807, 2.05) is 42.5 Å². The third-order valence-corrected chi connectivity index (χ3v) is 4.24. The van der Waals surface area contributed by atoms with Crippen LogP contribution in [-0.2, 0) is 20.9 Å². The highest BCUT2D eigenvalue weighted by atomic mass is 16.5. The molecule has 0 heterocycles. The normalized spacial score (nSPS) is 30.4. The van der Waals surface area contributed by atoms with E-state index in [-0.39, 0.29) is 18.4 Å². The van der Waals surface area contributed by atoms with Gasteiger partial charge in [0.15, 0.2) is 0 Å². The first-order chi connectivity index (χ1) is 9.66. The SMILES string of the molecule is O=C(OCc1ccccc1)[C@@H]1[C@H](C(=O)O)[C@H]2C=C[C@H]1C2. The molecule has 20 heavy (non-hydrogen) atoms. The van der Waals surface area contributed by atoms with Crippen molar-refractivity contribution in [3.05, 3.63) is 48.0 Å². The summed E-state index contributed by atoms with van der Waals surface area (Å²) in [5.74, 6) is -2.46. The van der Waals surface area contributed by atoms with Gasteiger partial charge < -0.3 is 9.84 Å². The van der Waals surface area contributed by atoms with Crippen molar-refractivity contribution in [2.75, 3.05) is 0 Å². The maximum atomic E-state index is 12.2. The number of hydrogen-bond acceptors (Lipinski definition) is 3. The molecule has 2 aliphatic carbocycles. The Kier molecular flexibility index (Phi) is 3.30. The molecule has 4 nitrogen and oxygen atoms in total. The number of esters is 1. The fraction of sp³-hybridized carbons (Fsp3) is 0.375. The average Bonchev–Trinajstić information content (AvgIpc) is 3.06. The van der Waals surface area contributed by atoms with Gasteiger partial charge in [-0.05, 0) is 23.8 Å². The Morgan fingerprint density at radius 3 is 2.40 bits per heavy atom. The number of carbonyl (C=O) groups excluding carboxylic acids is 1. The third-order valence-electron chi connectivity index (χ3n) is 4.24. The summed E-state index contributed by atoms with van der Waals surface area (Å²) in [5, 5.41) is 9.30. The minimum Gasteiger partial charge on any atom is -0.481 e. The largest absolute Gasteiger partial charge is 0.481 e. The zero-order valence-corrected chi connectivity index (χ0v) is 10.9. The van der Waals surface area contributed by atoms with Gasteiger partial charge in [-0.25, -0.2) is 0 Å². The van der Waals surface area contributed by atoms with Gasteiger partial charge in [0.05, 0.1) is 11.8 Å². The zero-order valence-electron chi connectivity index (χ0n) is 10.9. The maximum Gasteiger partial charge on any atom is 0.310 e. The fourth-order valence-electron chi connectivity index (χ4n) is 3.31. The lowest BCUT2D eigenvalue weighted by atomic mass is 9.83. The molecule has 1 aromatic rings. The van der Waals surface area contributed by atoms with Gasteiger partial charge in [0.25, 0.3) is 0 Å². The summed E-state index contributed by atoms with van der Waals surface area (Å²) >= 11 is 0. The molecule has 1 N–H and O–H groups in total. The van der Waals surface area contributed by atoms with Crippen molar-refractivity contribution in [1.82, 2.24) is 0 Å². The van der Waals surface area contributed by atoms with E-state index in [1.165, 1.54) is 0 Å². The highest BCUT2D eigenvalue weighted by molar-refractivity contribution is 5.83. The van der Waals surface area contributed by atoms with Crippen molar-refractivity contribution in [2.45, 2.75) is 13.0 Å². The predicted octanol–water partition coefficient (Wildman–Crippen LogP) is 2.25. The van der Waals surface area contributed by atoms with Crippen molar-refractivity contribution >= 4 is 11.9 Å². The molecule has 2 bridgehead atoms. The summed E-state index contributed by atoms with van der Waals surface area (Å²) in [6.45, 7) is 0.198. The second-order valence-corrected chi connectivity index (χ2v) is 5.43. The molecule has 0 spiro atoms. The predicted molar refractivity (Wildman–Crippen MR) is 71.6 cm³/mol. The molecule has 0 aliphatic heterocycles. The van der Waals surface area contributed by atoms with Gasteiger partial charge in [0, 0.05) is 0 Å². The summed E-state index contributed by atoms with van der Waals surface area (Å²) in [7, 11) is 0.